The molecule has 3 atom stereocenters. The number of hydrogen-bond acceptors (Lipinski definition) is 3. The SMILES string of the molecule is CC(NCCC(c1ccccc1)c1cccs1)C(O)c1ccccc1. The summed E-state index contributed by atoms with van der Waals surface area (Å²) in [5, 5.41) is 16.1. The third-order valence-electron chi connectivity index (χ3n) is 4.60. The van der Waals surface area contributed by atoms with E-state index < -0.39 is 6.10 Å². The fraction of sp³-hybridized carbons (Fsp3) is 0.273. The third kappa shape index (κ3) is 4.79. The standard InChI is InChI=1S/C22H25NOS/c1-17(22(24)19-11-6-3-7-12-19)23-15-14-20(21-13-8-16-25-21)18-9-4-2-5-10-18/h2-13,16-17,20,22-24H,14-15H2,1H3. The van der Waals surface area contributed by atoms with Crippen molar-refractivity contribution in [2.45, 2.75) is 31.4 Å². The first-order chi connectivity index (χ1) is 12.3. The van der Waals surface area contributed by atoms with Gasteiger partial charge in [0.25, 0.3) is 0 Å². The molecule has 3 aromatic rings. The highest BCUT2D eigenvalue weighted by molar-refractivity contribution is 7.10. The van der Waals surface area contributed by atoms with Crippen LogP contribution in [0.1, 0.15) is 41.4 Å². The van der Waals surface area contributed by atoms with Crippen LogP contribution in [-0.2, 0) is 0 Å². The molecule has 0 bridgehead atoms. The fourth-order valence-corrected chi connectivity index (χ4v) is 4.04. The molecule has 0 saturated carbocycles. The molecule has 0 aliphatic rings. The van der Waals surface area contributed by atoms with Crippen molar-refractivity contribution < 1.29 is 5.11 Å². The van der Waals surface area contributed by atoms with Crippen molar-refractivity contribution in [2.75, 3.05) is 6.54 Å². The van der Waals surface area contributed by atoms with E-state index in [1.165, 1.54) is 10.4 Å². The molecule has 1 aromatic heterocycles. The second-order valence-corrected chi connectivity index (χ2v) is 7.34. The highest BCUT2D eigenvalue weighted by atomic mass is 32.1. The molecule has 2 aromatic carbocycles. The highest BCUT2D eigenvalue weighted by Crippen LogP contribution is 2.31. The molecule has 0 spiro atoms. The zero-order valence-electron chi connectivity index (χ0n) is 14.5. The summed E-state index contributed by atoms with van der Waals surface area (Å²) in [6, 6.07) is 24.9. The van der Waals surface area contributed by atoms with Crippen molar-refractivity contribution in [2.24, 2.45) is 0 Å². The summed E-state index contributed by atoms with van der Waals surface area (Å²) in [5.41, 5.74) is 2.31. The van der Waals surface area contributed by atoms with Crippen molar-refractivity contribution >= 4 is 11.3 Å². The molecule has 0 amide bonds. The van der Waals surface area contributed by atoms with Crippen LogP contribution in [0.5, 0.6) is 0 Å². The van der Waals surface area contributed by atoms with Gasteiger partial charge in [-0.25, -0.2) is 0 Å². The molecule has 0 aliphatic carbocycles. The Morgan fingerprint density at radius 3 is 2.12 bits per heavy atom. The van der Waals surface area contributed by atoms with E-state index in [1.807, 2.05) is 48.6 Å². The van der Waals surface area contributed by atoms with Crippen LogP contribution >= 0.6 is 11.3 Å². The third-order valence-corrected chi connectivity index (χ3v) is 5.59. The van der Waals surface area contributed by atoms with E-state index in [0.717, 1.165) is 18.5 Å². The largest absolute Gasteiger partial charge is 0.387 e. The van der Waals surface area contributed by atoms with Gasteiger partial charge in [-0.1, -0.05) is 66.7 Å². The minimum Gasteiger partial charge on any atom is -0.387 e. The lowest BCUT2D eigenvalue weighted by Gasteiger charge is -2.22. The van der Waals surface area contributed by atoms with E-state index in [-0.39, 0.29) is 6.04 Å². The minimum atomic E-state index is -0.488. The predicted molar refractivity (Wildman–Crippen MR) is 106 cm³/mol. The molecule has 3 heteroatoms. The summed E-state index contributed by atoms with van der Waals surface area (Å²) in [6.45, 7) is 2.91. The summed E-state index contributed by atoms with van der Waals surface area (Å²) in [6.07, 6.45) is 0.522. The summed E-state index contributed by atoms with van der Waals surface area (Å²) < 4.78 is 0. The van der Waals surface area contributed by atoms with Crippen LogP contribution in [-0.4, -0.2) is 17.7 Å². The van der Waals surface area contributed by atoms with Crippen LogP contribution in [0.25, 0.3) is 0 Å². The maximum atomic E-state index is 10.5. The zero-order chi connectivity index (χ0) is 17.5. The van der Waals surface area contributed by atoms with Crippen molar-refractivity contribution in [1.82, 2.24) is 5.32 Å². The smallest absolute Gasteiger partial charge is 0.0940 e. The molecule has 25 heavy (non-hydrogen) atoms. The summed E-state index contributed by atoms with van der Waals surface area (Å²) in [7, 11) is 0. The van der Waals surface area contributed by atoms with Gasteiger partial charge in [0.1, 0.15) is 0 Å². The monoisotopic (exact) mass is 351 g/mol. The Hall–Kier alpha value is -1.94. The van der Waals surface area contributed by atoms with Crippen LogP contribution in [0.2, 0.25) is 0 Å². The summed E-state index contributed by atoms with van der Waals surface area (Å²) in [5.74, 6) is 0.398. The molecular weight excluding hydrogens is 326 g/mol. The summed E-state index contributed by atoms with van der Waals surface area (Å²) >= 11 is 1.81. The molecule has 3 unspecified atom stereocenters. The number of nitrogens with one attached hydrogen (secondary N) is 1. The van der Waals surface area contributed by atoms with Gasteiger partial charge in [-0.05, 0) is 42.5 Å². The molecule has 2 nitrogen and oxygen atoms in total. The quantitative estimate of drug-likeness (QED) is 0.600. The van der Waals surface area contributed by atoms with Crippen LogP contribution in [0.15, 0.2) is 78.2 Å². The first-order valence-electron chi connectivity index (χ1n) is 8.80. The van der Waals surface area contributed by atoms with Crippen molar-refractivity contribution in [1.29, 1.82) is 0 Å². The first kappa shape index (κ1) is 17.9. The maximum Gasteiger partial charge on any atom is 0.0940 e. The lowest BCUT2D eigenvalue weighted by Crippen LogP contribution is -2.33. The van der Waals surface area contributed by atoms with Gasteiger partial charge in [0.05, 0.1) is 6.10 Å². The van der Waals surface area contributed by atoms with E-state index >= 15 is 0 Å². The van der Waals surface area contributed by atoms with Crippen LogP contribution in [0.3, 0.4) is 0 Å². The normalized spacial score (nSPS) is 14.8. The topological polar surface area (TPSA) is 32.3 Å². The Morgan fingerprint density at radius 1 is 0.880 bits per heavy atom. The van der Waals surface area contributed by atoms with Gasteiger partial charge in [-0.3, -0.25) is 0 Å². The van der Waals surface area contributed by atoms with Gasteiger partial charge in [0.2, 0.25) is 0 Å². The second kappa shape index (κ2) is 8.95. The van der Waals surface area contributed by atoms with Gasteiger partial charge in [-0.2, -0.15) is 0 Å². The van der Waals surface area contributed by atoms with Gasteiger partial charge >= 0.3 is 0 Å². The van der Waals surface area contributed by atoms with Crippen molar-refractivity contribution in [3.8, 4) is 0 Å². The Bertz CT molecular complexity index is 727. The van der Waals surface area contributed by atoms with Crippen LogP contribution in [0.4, 0.5) is 0 Å². The minimum absolute atomic E-state index is 0.0159. The molecule has 1 heterocycles. The number of thiophene rings is 1. The molecule has 3 rings (SSSR count). The molecule has 0 fully saturated rings. The van der Waals surface area contributed by atoms with E-state index in [9.17, 15) is 5.11 Å². The second-order valence-electron chi connectivity index (χ2n) is 6.37. The lowest BCUT2D eigenvalue weighted by atomic mass is 9.94. The van der Waals surface area contributed by atoms with E-state index in [0.29, 0.717) is 5.92 Å². The van der Waals surface area contributed by atoms with E-state index in [4.69, 9.17) is 0 Å². The molecule has 130 valence electrons. The lowest BCUT2D eigenvalue weighted by molar-refractivity contribution is 0.136. The Kier molecular flexibility index (Phi) is 6.40. The van der Waals surface area contributed by atoms with Gasteiger partial charge < -0.3 is 10.4 Å². The number of aliphatic hydroxyl groups excluding tert-OH is 1. The van der Waals surface area contributed by atoms with Crippen molar-refractivity contribution in [3.05, 3.63) is 94.2 Å². The molecular formula is C22H25NOS. The highest BCUT2D eigenvalue weighted by Gasteiger charge is 2.18. The van der Waals surface area contributed by atoms with Gasteiger partial charge in [0, 0.05) is 16.8 Å². The molecule has 0 aliphatic heterocycles. The van der Waals surface area contributed by atoms with Gasteiger partial charge in [-0.15, -0.1) is 11.3 Å². The van der Waals surface area contributed by atoms with Crippen LogP contribution < -0.4 is 5.32 Å². The summed E-state index contributed by atoms with van der Waals surface area (Å²) in [4.78, 5) is 1.39. The van der Waals surface area contributed by atoms with Gasteiger partial charge in [0.15, 0.2) is 0 Å². The Labute approximate surface area is 154 Å². The predicted octanol–water partition coefficient (Wildman–Crippen LogP) is 4.98. The zero-order valence-corrected chi connectivity index (χ0v) is 15.3. The average Bonchev–Trinajstić information content (AvgIpc) is 3.20. The Morgan fingerprint density at radius 2 is 1.52 bits per heavy atom. The molecule has 0 saturated heterocycles. The fourth-order valence-electron chi connectivity index (χ4n) is 3.15. The number of rotatable bonds is 8. The first-order valence-corrected chi connectivity index (χ1v) is 9.68. The average molecular weight is 352 g/mol. The Balaban J connectivity index is 1.60. The van der Waals surface area contributed by atoms with Crippen molar-refractivity contribution in [3.63, 3.8) is 0 Å². The number of benzene rings is 2. The van der Waals surface area contributed by atoms with Crippen LogP contribution in [0, 0.1) is 0 Å². The number of hydrogen-bond donors (Lipinski definition) is 2. The maximum absolute atomic E-state index is 10.5. The van der Waals surface area contributed by atoms with E-state index in [2.05, 4.69) is 53.2 Å². The number of aliphatic hydroxyl groups is 1. The molecule has 0 radical (unpaired) electrons. The van der Waals surface area contributed by atoms with E-state index in [1.54, 1.807) is 0 Å². The molecule has 2 N–H and O–H groups in total.